The van der Waals surface area contributed by atoms with Crippen LogP contribution in [0.25, 0.3) is 0 Å². The number of ether oxygens (including phenoxy) is 1. The predicted molar refractivity (Wildman–Crippen MR) is 84.8 cm³/mol. The molecule has 2 rings (SSSR count). The highest BCUT2D eigenvalue weighted by Crippen LogP contribution is 2.32. The van der Waals surface area contributed by atoms with E-state index in [0.717, 1.165) is 6.54 Å². The van der Waals surface area contributed by atoms with Crippen LogP contribution in [0.3, 0.4) is 0 Å². The number of para-hydroxylation sites is 1. The molecule has 0 aromatic heterocycles. The zero-order valence-corrected chi connectivity index (χ0v) is 13.3. The van der Waals surface area contributed by atoms with E-state index in [1.165, 1.54) is 19.3 Å². The highest BCUT2D eigenvalue weighted by molar-refractivity contribution is 6.37. The van der Waals surface area contributed by atoms with Gasteiger partial charge in [0, 0.05) is 25.2 Å². The van der Waals surface area contributed by atoms with Crippen molar-refractivity contribution < 1.29 is 4.74 Å². The van der Waals surface area contributed by atoms with E-state index < -0.39 is 0 Å². The maximum Gasteiger partial charge on any atom is 0.156 e. The van der Waals surface area contributed by atoms with Gasteiger partial charge >= 0.3 is 0 Å². The van der Waals surface area contributed by atoms with E-state index in [-0.39, 0.29) is 0 Å². The average Bonchev–Trinajstić information content (AvgIpc) is 2.43. The molecule has 2 N–H and O–H groups in total. The minimum atomic E-state index is 0.462. The Morgan fingerprint density at radius 1 is 1.30 bits per heavy atom. The molecule has 1 heterocycles. The number of hydrogen-bond acceptors (Lipinski definition) is 3. The molecule has 0 bridgehead atoms. The molecule has 1 aromatic carbocycles. The van der Waals surface area contributed by atoms with Crippen LogP contribution < -0.4 is 10.5 Å². The highest BCUT2D eigenvalue weighted by Gasteiger charge is 2.26. The monoisotopic (exact) mass is 316 g/mol. The molecular weight excluding hydrogens is 295 g/mol. The number of halogens is 2. The Hall–Kier alpha value is -0.480. The van der Waals surface area contributed by atoms with Gasteiger partial charge in [0.15, 0.2) is 5.75 Å². The molecule has 0 amide bonds. The molecule has 1 aliphatic heterocycles. The first-order chi connectivity index (χ1) is 9.63. The van der Waals surface area contributed by atoms with Gasteiger partial charge in [-0.2, -0.15) is 0 Å². The van der Waals surface area contributed by atoms with Gasteiger partial charge < -0.3 is 10.5 Å². The summed E-state index contributed by atoms with van der Waals surface area (Å²) in [5.74, 6) is 0.574. The molecule has 5 heteroatoms. The molecular formula is C15H22Cl2N2O. The second kappa shape index (κ2) is 7.51. The molecule has 1 aromatic rings. The quantitative estimate of drug-likeness (QED) is 0.902. The molecule has 112 valence electrons. The predicted octanol–water partition coefficient (Wildman–Crippen LogP) is 3.57. The van der Waals surface area contributed by atoms with Crippen molar-refractivity contribution in [3.05, 3.63) is 28.2 Å². The molecule has 1 saturated heterocycles. The Morgan fingerprint density at radius 3 is 2.65 bits per heavy atom. The molecule has 0 saturated carbocycles. The lowest BCUT2D eigenvalue weighted by molar-refractivity contribution is 0.0800. The Bertz CT molecular complexity index is 422. The normalized spacial score (nSPS) is 23.8. The molecule has 1 aliphatic rings. The van der Waals surface area contributed by atoms with Crippen LogP contribution in [0.4, 0.5) is 0 Å². The molecule has 0 spiro atoms. The average molecular weight is 317 g/mol. The van der Waals surface area contributed by atoms with Crippen molar-refractivity contribution in [2.75, 3.05) is 19.7 Å². The summed E-state index contributed by atoms with van der Waals surface area (Å²) in [6.07, 6.45) is 3.66. The van der Waals surface area contributed by atoms with E-state index >= 15 is 0 Å². The lowest BCUT2D eigenvalue weighted by Gasteiger charge is -2.40. The van der Waals surface area contributed by atoms with Crippen LogP contribution in [0, 0.1) is 0 Å². The minimum absolute atomic E-state index is 0.462. The number of hydrogen-bond donors (Lipinski definition) is 1. The van der Waals surface area contributed by atoms with Crippen molar-refractivity contribution in [1.82, 2.24) is 4.90 Å². The van der Waals surface area contributed by atoms with E-state index in [0.29, 0.717) is 41.0 Å². The van der Waals surface area contributed by atoms with Crippen LogP contribution in [0.1, 0.15) is 26.2 Å². The van der Waals surface area contributed by atoms with Crippen molar-refractivity contribution in [2.45, 2.75) is 38.3 Å². The van der Waals surface area contributed by atoms with Gasteiger partial charge in [-0.1, -0.05) is 35.7 Å². The zero-order chi connectivity index (χ0) is 14.5. The number of nitrogens with zero attached hydrogens (tertiary/aromatic N) is 1. The first-order valence-corrected chi connectivity index (χ1v) is 7.91. The van der Waals surface area contributed by atoms with Crippen LogP contribution in [-0.2, 0) is 0 Å². The van der Waals surface area contributed by atoms with Gasteiger partial charge in [0.2, 0.25) is 0 Å². The number of likely N-dealkylation sites (tertiary alicyclic amines) is 1. The van der Waals surface area contributed by atoms with Crippen molar-refractivity contribution in [3.63, 3.8) is 0 Å². The number of nitrogens with two attached hydrogens (primary N) is 1. The molecule has 1 fully saturated rings. The van der Waals surface area contributed by atoms with E-state index in [1.54, 1.807) is 12.1 Å². The van der Waals surface area contributed by atoms with E-state index in [1.807, 2.05) is 6.07 Å². The number of piperidine rings is 1. The van der Waals surface area contributed by atoms with Gasteiger partial charge in [-0.3, -0.25) is 4.90 Å². The van der Waals surface area contributed by atoms with Crippen molar-refractivity contribution in [1.29, 1.82) is 0 Å². The fourth-order valence-corrected chi connectivity index (χ4v) is 3.38. The third-order valence-corrected chi connectivity index (χ3v) is 4.58. The summed E-state index contributed by atoms with van der Waals surface area (Å²) in [6, 6.07) is 6.41. The minimum Gasteiger partial charge on any atom is -0.489 e. The molecule has 20 heavy (non-hydrogen) atoms. The van der Waals surface area contributed by atoms with Gasteiger partial charge in [-0.25, -0.2) is 0 Å². The summed E-state index contributed by atoms with van der Waals surface area (Å²) in [4.78, 5) is 2.44. The van der Waals surface area contributed by atoms with Crippen molar-refractivity contribution in [2.24, 2.45) is 5.73 Å². The third-order valence-electron chi connectivity index (χ3n) is 3.98. The summed E-state index contributed by atoms with van der Waals surface area (Å²) < 4.78 is 5.77. The summed E-state index contributed by atoms with van der Waals surface area (Å²) >= 11 is 12.2. The fourth-order valence-electron chi connectivity index (χ4n) is 2.87. The van der Waals surface area contributed by atoms with Crippen LogP contribution in [0.5, 0.6) is 5.75 Å². The Kier molecular flexibility index (Phi) is 5.97. The largest absolute Gasteiger partial charge is 0.489 e. The summed E-state index contributed by atoms with van der Waals surface area (Å²) in [7, 11) is 0. The second-order valence-electron chi connectivity index (χ2n) is 5.31. The number of benzene rings is 1. The Morgan fingerprint density at radius 2 is 2.00 bits per heavy atom. The molecule has 2 atom stereocenters. The van der Waals surface area contributed by atoms with Gasteiger partial charge in [0.05, 0.1) is 10.0 Å². The molecule has 0 radical (unpaired) electrons. The molecule has 2 unspecified atom stereocenters. The lowest BCUT2D eigenvalue weighted by Crippen LogP contribution is -2.50. The first-order valence-electron chi connectivity index (χ1n) is 7.16. The van der Waals surface area contributed by atoms with Crippen molar-refractivity contribution in [3.8, 4) is 5.75 Å². The molecule has 0 aliphatic carbocycles. The summed E-state index contributed by atoms with van der Waals surface area (Å²) in [5.41, 5.74) is 5.86. The van der Waals surface area contributed by atoms with Crippen LogP contribution >= 0.6 is 23.2 Å². The van der Waals surface area contributed by atoms with Gasteiger partial charge in [0.25, 0.3) is 0 Å². The van der Waals surface area contributed by atoms with Crippen LogP contribution in [0.2, 0.25) is 10.0 Å². The Labute approximate surface area is 131 Å². The van der Waals surface area contributed by atoms with Gasteiger partial charge in [0.1, 0.15) is 6.61 Å². The fraction of sp³-hybridized carbons (Fsp3) is 0.600. The van der Waals surface area contributed by atoms with Gasteiger partial charge in [-0.05, 0) is 31.9 Å². The second-order valence-corrected chi connectivity index (χ2v) is 6.12. The standard InChI is InChI=1S/C15H22Cl2N2O/c1-11-4-2-5-12(10-18)19(11)8-9-20-15-13(16)6-3-7-14(15)17/h3,6-7,11-12H,2,4-5,8-10,18H2,1H3. The highest BCUT2D eigenvalue weighted by atomic mass is 35.5. The van der Waals surface area contributed by atoms with Gasteiger partial charge in [-0.15, -0.1) is 0 Å². The lowest BCUT2D eigenvalue weighted by atomic mass is 9.96. The van der Waals surface area contributed by atoms with Crippen molar-refractivity contribution >= 4 is 23.2 Å². The zero-order valence-electron chi connectivity index (χ0n) is 11.8. The maximum absolute atomic E-state index is 6.09. The maximum atomic E-state index is 6.09. The third kappa shape index (κ3) is 3.79. The molecule has 3 nitrogen and oxygen atoms in total. The van der Waals surface area contributed by atoms with Crippen LogP contribution in [-0.4, -0.2) is 36.7 Å². The van der Waals surface area contributed by atoms with E-state index in [4.69, 9.17) is 33.7 Å². The van der Waals surface area contributed by atoms with Crippen LogP contribution in [0.15, 0.2) is 18.2 Å². The summed E-state index contributed by atoms with van der Waals surface area (Å²) in [5, 5.41) is 1.11. The summed E-state index contributed by atoms with van der Waals surface area (Å²) in [6.45, 7) is 4.39. The number of rotatable bonds is 5. The smallest absolute Gasteiger partial charge is 0.156 e. The Balaban J connectivity index is 1.91. The van der Waals surface area contributed by atoms with E-state index in [9.17, 15) is 0 Å². The van der Waals surface area contributed by atoms with E-state index in [2.05, 4.69) is 11.8 Å². The first kappa shape index (κ1) is 15.9. The topological polar surface area (TPSA) is 38.5 Å². The SMILES string of the molecule is CC1CCCC(CN)N1CCOc1c(Cl)cccc1Cl.